The van der Waals surface area contributed by atoms with Gasteiger partial charge in [-0.25, -0.2) is 4.39 Å². The molecule has 0 heterocycles. The van der Waals surface area contributed by atoms with Crippen LogP contribution in [0.1, 0.15) is 41.6 Å². The van der Waals surface area contributed by atoms with Crippen LogP contribution in [-0.2, 0) is 19.4 Å². The molecule has 1 aliphatic carbocycles. The van der Waals surface area contributed by atoms with Gasteiger partial charge in [0.2, 0.25) is 0 Å². The van der Waals surface area contributed by atoms with Crippen molar-refractivity contribution in [2.24, 2.45) is 5.73 Å². The first-order valence-electron chi connectivity index (χ1n) is 7.42. The van der Waals surface area contributed by atoms with Crippen molar-refractivity contribution in [2.45, 2.75) is 38.8 Å². The largest absolute Gasteiger partial charge is 0.486 e. The molecule has 1 aliphatic rings. The normalized spacial score (nSPS) is 14.8. The van der Waals surface area contributed by atoms with Crippen LogP contribution in [0.15, 0.2) is 36.4 Å². The van der Waals surface area contributed by atoms with Gasteiger partial charge in [0.05, 0.1) is 0 Å². The second kappa shape index (κ2) is 5.86. The number of aryl methyl sites for hydroxylation is 2. The van der Waals surface area contributed by atoms with Crippen molar-refractivity contribution in [3.63, 3.8) is 0 Å². The first kappa shape index (κ1) is 14.1. The molecule has 2 aromatic carbocycles. The maximum absolute atomic E-state index is 14.0. The van der Waals surface area contributed by atoms with E-state index in [1.165, 1.54) is 30.0 Å². The van der Waals surface area contributed by atoms with Crippen molar-refractivity contribution in [1.29, 1.82) is 0 Å². The minimum Gasteiger partial charge on any atom is -0.486 e. The molecule has 21 heavy (non-hydrogen) atoms. The molecule has 2 N–H and O–H groups in total. The molecule has 2 nitrogen and oxygen atoms in total. The average Bonchev–Trinajstić information content (AvgIpc) is 2.93. The topological polar surface area (TPSA) is 35.2 Å². The van der Waals surface area contributed by atoms with Gasteiger partial charge in [0.25, 0.3) is 0 Å². The molecule has 2 aromatic rings. The summed E-state index contributed by atoms with van der Waals surface area (Å²) in [5.41, 5.74) is 10.4. The summed E-state index contributed by atoms with van der Waals surface area (Å²) >= 11 is 0. The molecular formula is C18H20FNO. The maximum Gasteiger partial charge on any atom is 0.165 e. The summed E-state index contributed by atoms with van der Waals surface area (Å²) in [7, 11) is 0. The van der Waals surface area contributed by atoms with Gasteiger partial charge in [0.15, 0.2) is 11.6 Å². The van der Waals surface area contributed by atoms with Crippen LogP contribution >= 0.6 is 0 Å². The molecule has 110 valence electrons. The van der Waals surface area contributed by atoms with E-state index in [0.717, 1.165) is 17.5 Å². The predicted molar refractivity (Wildman–Crippen MR) is 81.8 cm³/mol. The molecule has 0 aromatic heterocycles. The fourth-order valence-electron chi connectivity index (χ4n) is 2.79. The third-order valence-corrected chi connectivity index (χ3v) is 4.04. The first-order chi connectivity index (χ1) is 10.1. The van der Waals surface area contributed by atoms with Crippen molar-refractivity contribution >= 4 is 0 Å². The lowest BCUT2D eigenvalue weighted by Gasteiger charge is -2.11. The van der Waals surface area contributed by atoms with E-state index in [2.05, 4.69) is 18.2 Å². The van der Waals surface area contributed by atoms with Crippen molar-refractivity contribution in [3.05, 3.63) is 64.5 Å². The highest BCUT2D eigenvalue weighted by Gasteiger charge is 2.12. The number of ether oxygens (including phenoxy) is 1. The van der Waals surface area contributed by atoms with Crippen LogP contribution in [0.3, 0.4) is 0 Å². The molecule has 0 spiro atoms. The standard InChI is InChI=1S/C18H20FNO/c1-12(20)15-7-8-18(17(19)10-15)21-11-13-5-6-14-3-2-4-16(14)9-13/h5-10,12H,2-4,11,20H2,1H3. The summed E-state index contributed by atoms with van der Waals surface area (Å²) in [5, 5.41) is 0. The number of rotatable bonds is 4. The van der Waals surface area contributed by atoms with E-state index in [1.807, 2.05) is 13.0 Å². The summed E-state index contributed by atoms with van der Waals surface area (Å²) in [5.74, 6) is -0.0779. The number of fused-ring (bicyclic) bond motifs is 1. The molecule has 0 amide bonds. The van der Waals surface area contributed by atoms with Crippen LogP contribution in [0.25, 0.3) is 0 Å². The Bertz CT molecular complexity index is 652. The third-order valence-electron chi connectivity index (χ3n) is 4.04. The number of halogens is 1. The minimum atomic E-state index is -0.356. The molecule has 0 saturated carbocycles. The van der Waals surface area contributed by atoms with Gasteiger partial charge in [-0.2, -0.15) is 0 Å². The zero-order valence-corrected chi connectivity index (χ0v) is 12.2. The van der Waals surface area contributed by atoms with E-state index in [4.69, 9.17) is 10.5 Å². The Hall–Kier alpha value is -1.87. The first-order valence-corrected chi connectivity index (χ1v) is 7.42. The van der Waals surface area contributed by atoms with Gasteiger partial charge in [0, 0.05) is 6.04 Å². The Morgan fingerprint density at radius 2 is 1.95 bits per heavy atom. The van der Waals surface area contributed by atoms with E-state index in [0.29, 0.717) is 6.61 Å². The number of hydrogen-bond acceptors (Lipinski definition) is 2. The highest BCUT2D eigenvalue weighted by atomic mass is 19.1. The van der Waals surface area contributed by atoms with Crippen molar-refractivity contribution in [1.82, 2.24) is 0 Å². The smallest absolute Gasteiger partial charge is 0.165 e. The number of hydrogen-bond donors (Lipinski definition) is 1. The lowest BCUT2D eigenvalue weighted by Crippen LogP contribution is -2.06. The molecule has 1 atom stereocenters. The van der Waals surface area contributed by atoms with Gasteiger partial charge in [-0.15, -0.1) is 0 Å². The molecule has 3 rings (SSSR count). The van der Waals surface area contributed by atoms with E-state index in [-0.39, 0.29) is 17.6 Å². The average molecular weight is 285 g/mol. The van der Waals surface area contributed by atoms with Gasteiger partial charge in [-0.05, 0) is 60.6 Å². The van der Waals surface area contributed by atoms with Crippen LogP contribution in [0.5, 0.6) is 5.75 Å². The summed E-state index contributed by atoms with van der Waals surface area (Å²) < 4.78 is 19.6. The second-order valence-electron chi connectivity index (χ2n) is 5.72. The van der Waals surface area contributed by atoms with Gasteiger partial charge in [0.1, 0.15) is 6.61 Å². The number of benzene rings is 2. The maximum atomic E-state index is 14.0. The molecular weight excluding hydrogens is 265 g/mol. The van der Waals surface area contributed by atoms with Crippen molar-refractivity contribution in [2.75, 3.05) is 0 Å². The van der Waals surface area contributed by atoms with E-state index in [9.17, 15) is 4.39 Å². The summed E-state index contributed by atoms with van der Waals surface area (Å²) in [4.78, 5) is 0. The monoisotopic (exact) mass is 285 g/mol. The highest BCUT2D eigenvalue weighted by molar-refractivity contribution is 5.36. The van der Waals surface area contributed by atoms with Gasteiger partial charge in [-0.1, -0.05) is 24.3 Å². The molecule has 0 aliphatic heterocycles. The Kier molecular flexibility index (Phi) is 3.93. The van der Waals surface area contributed by atoms with Gasteiger partial charge >= 0.3 is 0 Å². The molecule has 0 fully saturated rings. The fourth-order valence-corrected chi connectivity index (χ4v) is 2.79. The lowest BCUT2D eigenvalue weighted by molar-refractivity contribution is 0.290. The van der Waals surface area contributed by atoms with Crippen LogP contribution in [0.2, 0.25) is 0 Å². The zero-order chi connectivity index (χ0) is 14.8. The molecule has 3 heteroatoms. The lowest BCUT2D eigenvalue weighted by atomic mass is 10.1. The molecule has 0 saturated heterocycles. The van der Waals surface area contributed by atoms with E-state index in [1.54, 1.807) is 6.07 Å². The number of nitrogens with two attached hydrogens (primary N) is 1. The van der Waals surface area contributed by atoms with Crippen LogP contribution < -0.4 is 10.5 Å². The van der Waals surface area contributed by atoms with E-state index >= 15 is 0 Å². The Morgan fingerprint density at radius 3 is 2.71 bits per heavy atom. The molecule has 0 bridgehead atoms. The molecule has 1 unspecified atom stereocenters. The Labute approximate surface area is 124 Å². The zero-order valence-electron chi connectivity index (χ0n) is 12.2. The quantitative estimate of drug-likeness (QED) is 0.924. The third kappa shape index (κ3) is 3.08. The second-order valence-corrected chi connectivity index (χ2v) is 5.72. The molecule has 0 radical (unpaired) electrons. The Morgan fingerprint density at radius 1 is 1.14 bits per heavy atom. The van der Waals surface area contributed by atoms with E-state index < -0.39 is 0 Å². The fraction of sp³-hybridized carbons (Fsp3) is 0.333. The summed E-state index contributed by atoms with van der Waals surface area (Å²) in [6.45, 7) is 2.22. The minimum absolute atomic E-state index is 0.176. The van der Waals surface area contributed by atoms with Gasteiger partial charge < -0.3 is 10.5 Å². The van der Waals surface area contributed by atoms with Crippen molar-refractivity contribution in [3.8, 4) is 5.75 Å². The SMILES string of the molecule is CC(N)c1ccc(OCc2ccc3c(c2)CCC3)c(F)c1. The van der Waals surface area contributed by atoms with Crippen molar-refractivity contribution < 1.29 is 9.13 Å². The predicted octanol–water partition coefficient (Wildman–Crippen LogP) is 3.91. The van der Waals surface area contributed by atoms with Gasteiger partial charge in [-0.3, -0.25) is 0 Å². The summed E-state index contributed by atoms with van der Waals surface area (Å²) in [6.07, 6.45) is 3.54. The Balaban J connectivity index is 1.70. The highest BCUT2D eigenvalue weighted by Crippen LogP contribution is 2.25. The van der Waals surface area contributed by atoms with Crippen LogP contribution in [0.4, 0.5) is 4.39 Å². The summed E-state index contributed by atoms with van der Waals surface area (Å²) in [6, 6.07) is 11.1. The van der Waals surface area contributed by atoms with Crippen LogP contribution in [-0.4, -0.2) is 0 Å². The van der Waals surface area contributed by atoms with Crippen LogP contribution in [0, 0.1) is 5.82 Å².